The largest absolute Gasteiger partial charge is 0.311 e. The Morgan fingerprint density at radius 2 is 1.05 bits per heavy atom. The van der Waals surface area contributed by atoms with Crippen LogP contribution < -0.4 is 9.80 Å². The van der Waals surface area contributed by atoms with Gasteiger partial charge < -0.3 is 9.80 Å². The van der Waals surface area contributed by atoms with Gasteiger partial charge in [-0.25, -0.2) is 0 Å². The van der Waals surface area contributed by atoms with E-state index in [1.54, 1.807) is 0 Å². The standard InChI is InChI=1S/C42H42N2/c1-29-10-7-13-38(24-29)43(39-14-8-11-30(2)25-39)37-21-17-35(18-22-37)36-19-23-42(34(6)27-36)44(40-15-9-12-31(3)26-40)41-20-16-32(4)33(5)28-41/h7-15,17-28,32H,16H2,1-6H3. The summed E-state index contributed by atoms with van der Waals surface area (Å²) in [5, 5.41) is 0. The molecule has 220 valence electrons. The normalized spacial score (nSPS) is 14.5. The molecule has 0 heterocycles. The van der Waals surface area contributed by atoms with E-state index in [-0.39, 0.29) is 0 Å². The molecular formula is C42H42N2. The smallest absolute Gasteiger partial charge is 0.0491 e. The second-order valence-electron chi connectivity index (χ2n) is 12.4. The lowest BCUT2D eigenvalue weighted by molar-refractivity contribution is 0.679. The van der Waals surface area contributed by atoms with Crippen molar-refractivity contribution in [2.45, 2.75) is 48.0 Å². The van der Waals surface area contributed by atoms with Gasteiger partial charge in [-0.3, -0.25) is 0 Å². The summed E-state index contributed by atoms with van der Waals surface area (Å²) in [7, 11) is 0. The number of hydrogen-bond acceptors (Lipinski definition) is 2. The van der Waals surface area contributed by atoms with Gasteiger partial charge in [0.2, 0.25) is 0 Å². The SMILES string of the molecule is CC1=CC(N(c2cccc(C)c2)c2ccc(-c3ccc(N(c4cccc(C)c4)c4cccc(C)c4)cc3)cc2C)=CCC1C. The Morgan fingerprint density at radius 1 is 0.523 bits per heavy atom. The summed E-state index contributed by atoms with van der Waals surface area (Å²) in [4.78, 5) is 4.76. The Kier molecular flexibility index (Phi) is 8.26. The summed E-state index contributed by atoms with van der Waals surface area (Å²) in [6, 6.07) is 42.1. The first-order valence-electron chi connectivity index (χ1n) is 15.7. The lowest BCUT2D eigenvalue weighted by atomic mass is 9.92. The number of hydrogen-bond donors (Lipinski definition) is 0. The summed E-state index contributed by atoms with van der Waals surface area (Å²) in [6.07, 6.45) is 5.81. The van der Waals surface area contributed by atoms with E-state index < -0.39 is 0 Å². The van der Waals surface area contributed by atoms with E-state index in [1.165, 1.54) is 56.0 Å². The average molecular weight is 575 g/mol. The molecule has 5 aromatic carbocycles. The molecule has 0 radical (unpaired) electrons. The van der Waals surface area contributed by atoms with Crippen LogP contribution >= 0.6 is 0 Å². The minimum Gasteiger partial charge on any atom is -0.311 e. The molecule has 0 spiro atoms. The molecule has 0 saturated carbocycles. The van der Waals surface area contributed by atoms with E-state index in [2.05, 4.69) is 179 Å². The van der Waals surface area contributed by atoms with Gasteiger partial charge in [-0.15, -0.1) is 0 Å². The van der Waals surface area contributed by atoms with E-state index in [9.17, 15) is 0 Å². The monoisotopic (exact) mass is 574 g/mol. The van der Waals surface area contributed by atoms with Crippen molar-refractivity contribution in [1.82, 2.24) is 0 Å². The van der Waals surface area contributed by atoms with E-state index in [1.807, 2.05) is 0 Å². The first-order chi connectivity index (χ1) is 21.3. The molecule has 0 N–H and O–H groups in total. The average Bonchev–Trinajstić information content (AvgIpc) is 3.01. The number of rotatable bonds is 7. The van der Waals surface area contributed by atoms with Crippen molar-refractivity contribution in [2.24, 2.45) is 5.92 Å². The number of benzene rings is 5. The van der Waals surface area contributed by atoms with Crippen molar-refractivity contribution < 1.29 is 0 Å². The predicted molar refractivity (Wildman–Crippen MR) is 190 cm³/mol. The molecular weight excluding hydrogens is 532 g/mol. The van der Waals surface area contributed by atoms with Crippen molar-refractivity contribution in [3.8, 4) is 11.1 Å². The molecule has 1 aliphatic rings. The van der Waals surface area contributed by atoms with Crippen LogP contribution in [0.15, 0.2) is 139 Å². The molecule has 0 fully saturated rings. The van der Waals surface area contributed by atoms with Gasteiger partial charge in [0, 0.05) is 34.1 Å². The molecule has 0 aromatic heterocycles. The van der Waals surface area contributed by atoms with Gasteiger partial charge in [0.1, 0.15) is 0 Å². The summed E-state index contributed by atoms with van der Waals surface area (Å²) in [5.74, 6) is 0.581. The molecule has 5 aromatic rings. The van der Waals surface area contributed by atoms with Gasteiger partial charge >= 0.3 is 0 Å². The van der Waals surface area contributed by atoms with Gasteiger partial charge in [-0.1, -0.05) is 73.2 Å². The van der Waals surface area contributed by atoms with E-state index in [0.717, 1.165) is 23.5 Å². The van der Waals surface area contributed by atoms with Crippen molar-refractivity contribution in [3.05, 3.63) is 161 Å². The Balaban J connectivity index is 1.36. The second kappa shape index (κ2) is 12.4. The van der Waals surface area contributed by atoms with Crippen LogP contribution in [0.25, 0.3) is 11.1 Å². The zero-order chi connectivity index (χ0) is 30.8. The molecule has 0 amide bonds. The molecule has 2 heteroatoms. The van der Waals surface area contributed by atoms with Crippen LogP contribution in [-0.2, 0) is 0 Å². The molecule has 1 aliphatic carbocycles. The number of nitrogens with zero attached hydrogens (tertiary/aromatic N) is 2. The van der Waals surface area contributed by atoms with E-state index in [0.29, 0.717) is 5.92 Å². The van der Waals surface area contributed by atoms with Gasteiger partial charge in [0.15, 0.2) is 0 Å². The fourth-order valence-electron chi connectivity index (χ4n) is 6.14. The summed E-state index contributed by atoms with van der Waals surface area (Å²) in [5.41, 5.74) is 16.0. The fourth-order valence-corrected chi connectivity index (χ4v) is 6.14. The van der Waals surface area contributed by atoms with E-state index >= 15 is 0 Å². The van der Waals surface area contributed by atoms with E-state index in [4.69, 9.17) is 0 Å². The highest BCUT2D eigenvalue weighted by molar-refractivity contribution is 5.80. The quantitative estimate of drug-likeness (QED) is 0.191. The van der Waals surface area contributed by atoms with Gasteiger partial charge in [-0.05, 0) is 147 Å². The van der Waals surface area contributed by atoms with Crippen molar-refractivity contribution in [3.63, 3.8) is 0 Å². The van der Waals surface area contributed by atoms with Crippen LogP contribution in [0.5, 0.6) is 0 Å². The molecule has 0 bridgehead atoms. The molecule has 0 aliphatic heterocycles. The highest BCUT2D eigenvalue weighted by atomic mass is 15.2. The highest BCUT2D eigenvalue weighted by Crippen LogP contribution is 2.40. The summed E-state index contributed by atoms with van der Waals surface area (Å²) in [6.45, 7) is 13.3. The highest BCUT2D eigenvalue weighted by Gasteiger charge is 2.20. The summed E-state index contributed by atoms with van der Waals surface area (Å²) < 4.78 is 0. The third-order valence-electron chi connectivity index (χ3n) is 8.77. The van der Waals surface area contributed by atoms with Crippen LogP contribution in [-0.4, -0.2) is 0 Å². The molecule has 1 unspecified atom stereocenters. The topological polar surface area (TPSA) is 6.48 Å². The minimum absolute atomic E-state index is 0.581. The maximum absolute atomic E-state index is 2.42. The lowest BCUT2D eigenvalue weighted by Crippen LogP contribution is -2.19. The zero-order valence-electron chi connectivity index (χ0n) is 26.8. The third kappa shape index (κ3) is 6.12. The first-order valence-corrected chi connectivity index (χ1v) is 15.7. The Hall–Kier alpha value is -4.82. The van der Waals surface area contributed by atoms with Crippen LogP contribution in [0, 0.1) is 33.6 Å². The zero-order valence-corrected chi connectivity index (χ0v) is 26.8. The van der Waals surface area contributed by atoms with Crippen molar-refractivity contribution in [1.29, 1.82) is 0 Å². The van der Waals surface area contributed by atoms with Crippen LogP contribution in [0.3, 0.4) is 0 Å². The maximum atomic E-state index is 2.42. The minimum atomic E-state index is 0.581. The first kappa shape index (κ1) is 29.3. The van der Waals surface area contributed by atoms with Crippen molar-refractivity contribution in [2.75, 3.05) is 9.80 Å². The molecule has 6 rings (SSSR count). The van der Waals surface area contributed by atoms with Gasteiger partial charge in [0.25, 0.3) is 0 Å². The second-order valence-corrected chi connectivity index (χ2v) is 12.4. The number of anilines is 5. The molecule has 2 nitrogen and oxygen atoms in total. The van der Waals surface area contributed by atoms with Crippen LogP contribution in [0.4, 0.5) is 28.4 Å². The Labute approximate surface area is 263 Å². The molecule has 1 atom stereocenters. The number of allylic oxidation sites excluding steroid dienone is 3. The fraction of sp³-hybridized carbons (Fsp3) is 0.190. The number of aryl methyl sites for hydroxylation is 4. The predicted octanol–water partition coefficient (Wildman–Crippen LogP) is 12.1. The summed E-state index contributed by atoms with van der Waals surface area (Å²) >= 11 is 0. The van der Waals surface area contributed by atoms with Gasteiger partial charge in [-0.2, -0.15) is 0 Å². The van der Waals surface area contributed by atoms with Crippen LogP contribution in [0.2, 0.25) is 0 Å². The lowest BCUT2D eigenvalue weighted by Gasteiger charge is -2.31. The third-order valence-corrected chi connectivity index (χ3v) is 8.77. The Bertz CT molecular complexity index is 1810. The Morgan fingerprint density at radius 3 is 1.55 bits per heavy atom. The molecule has 44 heavy (non-hydrogen) atoms. The maximum Gasteiger partial charge on any atom is 0.0491 e. The van der Waals surface area contributed by atoms with Crippen molar-refractivity contribution >= 4 is 28.4 Å². The van der Waals surface area contributed by atoms with Crippen LogP contribution in [0.1, 0.15) is 42.5 Å². The molecule has 0 saturated heterocycles. The van der Waals surface area contributed by atoms with Gasteiger partial charge in [0.05, 0.1) is 0 Å².